The van der Waals surface area contributed by atoms with E-state index in [1.807, 2.05) is 0 Å². The molecule has 8 heteroatoms. The molecule has 1 aromatic carbocycles. The number of carbonyl (C=O) groups is 1. The van der Waals surface area contributed by atoms with E-state index in [0.29, 0.717) is 29.2 Å². The van der Waals surface area contributed by atoms with E-state index in [9.17, 15) is 18.0 Å². The lowest BCUT2D eigenvalue weighted by atomic mass is 10.1. The molecule has 1 aliphatic rings. The first kappa shape index (κ1) is 20.9. The second kappa shape index (κ2) is 7.89. The van der Waals surface area contributed by atoms with Crippen LogP contribution in [0, 0.1) is 13.8 Å². The summed E-state index contributed by atoms with van der Waals surface area (Å²) in [7, 11) is 2.15. The Morgan fingerprint density at radius 1 is 1.14 bits per heavy atom. The number of nitrogens with zero attached hydrogens (tertiary/aromatic N) is 1. The van der Waals surface area contributed by atoms with Crippen LogP contribution in [0.15, 0.2) is 24.3 Å². The van der Waals surface area contributed by atoms with Crippen LogP contribution in [-0.2, 0) is 6.18 Å². The molecule has 28 heavy (non-hydrogen) atoms. The zero-order valence-electron chi connectivity index (χ0n) is 16.2. The van der Waals surface area contributed by atoms with Crippen molar-refractivity contribution in [3.05, 3.63) is 51.8 Å². The van der Waals surface area contributed by atoms with Gasteiger partial charge in [-0.2, -0.15) is 13.2 Å². The zero-order valence-corrected chi connectivity index (χ0v) is 17.0. The maximum atomic E-state index is 13.2. The average molecular weight is 416 g/mol. The van der Waals surface area contributed by atoms with Gasteiger partial charge >= 0.3 is 6.18 Å². The topological polar surface area (TPSA) is 30.9 Å². The number of alkyl halides is 3. The van der Waals surface area contributed by atoms with E-state index in [0.717, 1.165) is 32.2 Å². The van der Waals surface area contributed by atoms with Crippen molar-refractivity contribution < 1.29 is 27.8 Å². The number of hydrogen-bond acceptors (Lipinski definition) is 1. The molecule has 152 valence electrons. The highest BCUT2D eigenvalue weighted by Crippen LogP contribution is 2.36. The van der Waals surface area contributed by atoms with Gasteiger partial charge in [0.25, 0.3) is 0 Å². The van der Waals surface area contributed by atoms with E-state index in [4.69, 9.17) is 11.6 Å². The van der Waals surface area contributed by atoms with Crippen LogP contribution in [0.1, 0.15) is 27.3 Å². The van der Waals surface area contributed by atoms with E-state index < -0.39 is 11.7 Å². The van der Waals surface area contributed by atoms with E-state index >= 15 is 0 Å². The minimum absolute atomic E-state index is 0.0268. The molecule has 2 N–H and O–H groups in total. The number of ketones is 1. The number of benzene rings is 1. The molecule has 0 bridgehead atoms. The second-order valence-electron chi connectivity index (χ2n) is 7.59. The third-order valence-corrected chi connectivity index (χ3v) is 5.80. The molecular weight excluding hydrogens is 391 g/mol. The molecule has 0 amide bonds. The normalized spacial score (nSPS) is 20.4. The van der Waals surface area contributed by atoms with Gasteiger partial charge in [0.15, 0.2) is 0 Å². The summed E-state index contributed by atoms with van der Waals surface area (Å²) in [5.41, 5.74) is 1.41. The molecule has 2 aromatic rings. The summed E-state index contributed by atoms with van der Waals surface area (Å²) in [5.74, 6) is 0.0268. The van der Waals surface area contributed by atoms with Gasteiger partial charge in [-0.15, -0.1) is 0 Å². The number of rotatable bonds is 4. The van der Waals surface area contributed by atoms with Crippen LogP contribution in [0.2, 0.25) is 5.02 Å². The van der Waals surface area contributed by atoms with Crippen LogP contribution in [0.25, 0.3) is 5.69 Å². The Kier molecular flexibility index (Phi) is 5.89. The molecule has 0 radical (unpaired) electrons. The van der Waals surface area contributed by atoms with Gasteiger partial charge < -0.3 is 14.4 Å². The van der Waals surface area contributed by atoms with Crippen molar-refractivity contribution >= 4 is 17.4 Å². The molecular formula is C20H25ClF3N3O+2. The fourth-order valence-corrected chi connectivity index (χ4v) is 4.07. The summed E-state index contributed by atoms with van der Waals surface area (Å²) in [4.78, 5) is 15.6. The van der Waals surface area contributed by atoms with Gasteiger partial charge in [-0.3, -0.25) is 4.79 Å². The minimum atomic E-state index is -4.53. The molecule has 0 unspecified atom stereocenters. The predicted molar refractivity (Wildman–Crippen MR) is 102 cm³/mol. The van der Waals surface area contributed by atoms with Gasteiger partial charge in [-0.05, 0) is 38.1 Å². The molecule has 2 heterocycles. The van der Waals surface area contributed by atoms with E-state index in [-0.39, 0.29) is 10.8 Å². The largest absolute Gasteiger partial charge is 0.417 e. The monoisotopic (exact) mass is 415 g/mol. The fraction of sp³-hybridized carbons (Fsp3) is 0.450. The van der Waals surface area contributed by atoms with Crippen molar-refractivity contribution in [2.24, 2.45) is 0 Å². The van der Waals surface area contributed by atoms with Gasteiger partial charge in [0, 0.05) is 22.6 Å². The molecule has 3 rings (SSSR count). The number of carbonyl (C=O) groups excluding carboxylic acids is 1. The van der Waals surface area contributed by atoms with Crippen molar-refractivity contribution in [1.82, 2.24) is 4.57 Å². The van der Waals surface area contributed by atoms with Crippen molar-refractivity contribution in [3.8, 4) is 5.69 Å². The first-order chi connectivity index (χ1) is 13.1. The Bertz CT molecular complexity index is 884. The number of piperazine rings is 1. The lowest BCUT2D eigenvalue weighted by molar-refractivity contribution is -0.999. The predicted octanol–water partition coefficient (Wildman–Crippen LogP) is 1.36. The van der Waals surface area contributed by atoms with Gasteiger partial charge in [-0.25, -0.2) is 0 Å². The zero-order chi connectivity index (χ0) is 20.6. The molecule has 1 aliphatic heterocycles. The Balaban J connectivity index is 1.89. The smallest absolute Gasteiger partial charge is 0.328 e. The number of aryl methyl sites for hydroxylation is 1. The third-order valence-electron chi connectivity index (χ3n) is 5.47. The molecule has 1 saturated heterocycles. The van der Waals surface area contributed by atoms with Crippen molar-refractivity contribution in [2.45, 2.75) is 20.0 Å². The summed E-state index contributed by atoms with van der Waals surface area (Å²) in [6, 6.07) is 5.59. The number of aromatic nitrogens is 1. The van der Waals surface area contributed by atoms with Crippen LogP contribution < -0.4 is 9.80 Å². The summed E-state index contributed by atoms with van der Waals surface area (Å²) < 4.78 is 41.3. The standard InChI is InChI=1S/C20H23ClF3N3O/c1-13-10-16(19(28)12-26-8-6-25(3)7-9-26)14(2)27(13)15-4-5-18(21)17(11-15)20(22,23)24/h4-5,10-11H,6-9,12H2,1-3H3/p+2. The van der Waals surface area contributed by atoms with Gasteiger partial charge in [0.1, 0.15) is 32.7 Å². The van der Waals surface area contributed by atoms with Crippen molar-refractivity contribution in [1.29, 1.82) is 0 Å². The highest BCUT2D eigenvalue weighted by atomic mass is 35.5. The lowest BCUT2D eigenvalue weighted by Crippen LogP contribution is -3.27. The van der Waals surface area contributed by atoms with Crippen LogP contribution in [0.4, 0.5) is 13.2 Å². The first-order valence-corrected chi connectivity index (χ1v) is 9.70. The molecule has 1 aromatic heterocycles. The minimum Gasteiger partial charge on any atom is -0.328 e. The van der Waals surface area contributed by atoms with Gasteiger partial charge in [0.05, 0.1) is 17.6 Å². The van der Waals surface area contributed by atoms with E-state index in [1.54, 1.807) is 30.5 Å². The van der Waals surface area contributed by atoms with Gasteiger partial charge in [0.2, 0.25) is 5.78 Å². The third kappa shape index (κ3) is 4.26. The number of hydrogen-bond donors (Lipinski definition) is 2. The average Bonchev–Trinajstić information content (AvgIpc) is 2.91. The molecule has 0 saturated carbocycles. The summed E-state index contributed by atoms with van der Waals surface area (Å²) in [6.07, 6.45) is -4.53. The summed E-state index contributed by atoms with van der Waals surface area (Å²) in [5, 5.41) is -0.337. The Labute approximate surface area is 167 Å². The first-order valence-electron chi connectivity index (χ1n) is 9.32. The molecule has 0 atom stereocenters. The fourth-order valence-electron chi connectivity index (χ4n) is 3.84. The molecule has 4 nitrogen and oxygen atoms in total. The van der Waals surface area contributed by atoms with E-state index in [1.165, 1.54) is 15.9 Å². The van der Waals surface area contributed by atoms with Crippen molar-refractivity contribution in [3.63, 3.8) is 0 Å². The van der Waals surface area contributed by atoms with Crippen LogP contribution in [0.5, 0.6) is 0 Å². The number of halogens is 4. The van der Waals surface area contributed by atoms with Crippen LogP contribution in [-0.4, -0.2) is 50.1 Å². The van der Waals surface area contributed by atoms with E-state index in [2.05, 4.69) is 7.05 Å². The lowest BCUT2D eigenvalue weighted by Gasteiger charge is -2.26. The summed E-state index contributed by atoms with van der Waals surface area (Å²) in [6.45, 7) is 7.93. The maximum absolute atomic E-state index is 13.2. The molecule has 0 aliphatic carbocycles. The number of Topliss-reactive ketones (excluding diaryl/α,β-unsaturated/α-hetero) is 1. The number of quaternary nitrogens is 2. The molecule has 1 fully saturated rings. The Morgan fingerprint density at radius 2 is 1.79 bits per heavy atom. The maximum Gasteiger partial charge on any atom is 0.417 e. The quantitative estimate of drug-likeness (QED) is 0.726. The van der Waals surface area contributed by atoms with Crippen LogP contribution >= 0.6 is 11.6 Å². The van der Waals surface area contributed by atoms with Crippen LogP contribution in [0.3, 0.4) is 0 Å². The highest BCUT2D eigenvalue weighted by molar-refractivity contribution is 6.31. The second-order valence-corrected chi connectivity index (χ2v) is 8.00. The molecule has 0 spiro atoms. The summed E-state index contributed by atoms with van der Waals surface area (Å²) >= 11 is 5.73. The highest BCUT2D eigenvalue weighted by Gasteiger charge is 2.34. The number of nitrogens with one attached hydrogen (secondary N) is 2. The Morgan fingerprint density at radius 3 is 2.39 bits per heavy atom. The SMILES string of the molecule is Cc1cc(C(=O)C[NH+]2CC[NH+](C)CC2)c(C)n1-c1ccc(Cl)c(C(F)(F)F)c1. The number of likely N-dealkylation sites (N-methyl/N-ethyl adjacent to an activating group) is 1. The van der Waals surface area contributed by atoms with Crippen molar-refractivity contribution in [2.75, 3.05) is 39.8 Å². The Hall–Kier alpha value is -1.83. The van der Waals surface area contributed by atoms with Gasteiger partial charge in [-0.1, -0.05) is 11.6 Å².